The highest BCUT2D eigenvalue weighted by atomic mass is 16.7. The predicted octanol–water partition coefficient (Wildman–Crippen LogP) is -1.42. The molecule has 16 heavy (non-hydrogen) atoms. The molecule has 4 N–H and O–H groups in total. The van der Waals surface area contributed by atoms with Crippen LogP contribution < -0.4 is 16.5 Å². The molecule has 1 aromatic rings. The van der Waals surface area contributed by atoms with E-state index in [2.05, 4.69) is 15.0 Å². The molecule has 9 heteroatoms. The summed E-state index contributed by atoms with van der Waals surface area (Å²) in [4.78, 5) is 26.6. The number of aromatic nitrogens is 3. The van der Waals surface area contributed by atoms with E-state index in [1.165, 1.54) is 7.11 Å². The van der Waals surface area contributed by atoms with Crippen LogP contribution in [0.1, 0.15) is 0 Å². The number of amides is 1. The van der Waals surface area contributed by atoms with Gasteiger partial charge in [0, 0.05) is 7.11 Å². The molecule has 1 amide bonds. The molecule has 0 saturated carbocycles. The third-order valence-corrected chi connectivity index (χ3v) is 1.47. The number of carbonyl (C=O) groups excluding carboxylic acids is 1. The summed E-state index contributed by atoms with van der Waals surface area (Å²) < 4.78 is 4.75. The molecular weight excluding hydrogens is 216 g/mol. The van der Waals surface area contributed by atoms with Gasteiger partial charge in [0.1, 0.15) is 0 Å². The Hall–Kier alpha value is -2.00. The molecule has 0 saturated heterocycles. The lowest BCUT2D eigenvalue weighted by Gasteiger charge is -2.14. The fraction of sp³-hybridized carbons (Fsp3) is 0.429. The van der Waals surface area contributed by atoms with Gasteiger partial charge in [-0.1, -0.05) is 0 Å². The minimum Gasteiger partial charge on any atom is -0.382 e. The van der Waals surface area contributed by atoms with E-state index in [0.717, 1.165) is 5.06 Å². The van der Waals surface area contributed by atoms with Crippen molar-refractivity contribution in [1.82, 2.24) is 15.0 Å². The van der Waals surface area contributed by atoms with Gasteiger partial charge in [-0.05, 0) is 0 Å². The van der Waals surface area contributed by atoms with E-state index in [-0.39, 0.29) is 24.5 Å². The van der Waals surface area contributed by atoms with E-state index in [9.17, 15) is 4.79 Å². The number of ether oxygens (including phenoxy) is 1. The number of nitrogens with zero attached hydrogens (tertiary/aromatic N) is 4. The molecule has 1 heterocycles. The maximum absolute atomic E-state index is 10.7. The Morgan fingerprint density at radius 1 is 1.25 bits per heavy atom. The van der Waals surface area contributed by atoms with Gasteiger partial charge in [0.25, 0.3) is 5.95 Å². The lowest BCUT2D eigenvalue weighted by molar-refractivity contribution is -0.114. The highest BCUT2D eigenvalue weighted by molar-refractivity contribution is 5.68. The molecule has 0 atom stereocenters. The number of hydrogen-bond acceptors (Lipinski definition) is 8. The third-order valence-electron chi connectivity index (χ3n) is 1.47. The van der Waals surface area contributed by atoms with E-state index in [4.69, 9.17) is 21.0 Å². The molecule has 0 spiro atoms. The highest BCUT2D eigenvalue weighted by Gasteiger charge is 2.11. The zero-order chi connectivity index (χ0) is 12.0. The second-order valence-electron chi connectivity index (χ2n) is 2.61. The van der Waals surface area contributed by atoms with Crippen LogP contribution in [-0.2, 0) is 14.4 Å². The molecular formula is C7H12N6O3. The van der Waals surface area contributed by atoms with Gasteiger partial charge in [-0.15, -0.1) is 0 Å². The maximum Gasteiger partial charge on any atom is 0.263 e. The van der Waals surface area contributed by atoms with E-state index < -0.39 is 0 Å². The Bertz CT molecular complexity index is 340. The fourth-order valence-corrected chi connectivity index (χ4v) is 0.850. The van der Waals surface area contributed by atoms with Crippen LogP contribution >= 0.6 is 0 Å². The van der Waals surface area contributed by atoms with Crippen molar-refractivity contribution in [3.8, 4) is 0 Å². The fourth-order valence-electron chi connectivity index (χ4n) is 0.850. The van der Waals surface area contributed by atoms with Crippen LogP contribution in [0, 0.1) is 0 Å². The molecule has 0 bridgehead atoms. The van der Waals surface area contributed by atoms with Gasteiger partial charge >= 0.3 is 0 Å². The second-order valence-corrected chi connectivity index (χ2v) is 2.61. The molecule has 0 aliphatic carbocycles. The van der Waals surface area contributed by atoms with E-state index in [0.29, 0.717) is 13.0 Å². The van der Waals surface area contributed by atoms with E-state index >= 15 is 0 Å². The van der Waals surface area contributed by atoms with E-state index in [1.54, 1.807) is 0 Å². The van der Waals surface area contributed by atoms with Crippen LogP contribution in [0.5, 0.6) is 0 Å². The van der Waals surface area contributed by atoms with Crippen molar-refractivity contribution in [2.45, 2.75) is 0 Å². The largest absolute Gasteiger partial charge is 0.382 e. The minimum absolute atomic E-state index is 0.0731. The molecule has 0 aliphatic rings. The van der Waals surface area contributed by atoms with Gasteiger partial charge < -0.3 is 16.2 Å². The average molecular weight is 228 g/mol. The number of nitrogen functional groups attached to an aromatic ring is 2. The number of hydroxylamine groups is 1. The monoisotopic (exact) mass is 228 g/mol. The quantitative estimate of drug-likeness (QED) is 0.344. The molecule has 1 rings (SSSR count). The smallest absolute Gasteiger partial charge is 0.263 e. The first-order valence-corrected chi connectivity index (χ1v) is 4.30. The number of hydrogen-bond donors (Lipinski definition) is 2. The first-order valence-electron chi connectivity index (χ1n) is 4.30. The molecule has 0 unspecified atom stereocenters. The van der Waals surface area contributed by atoms with Crippen molar-refractivity contribution >= 4 is 24.3 Å². The normalized spacial score (nSPS) is 10.1. The zero-order valence-electron chi connectivity index (χ0n) is 8.66. The van der Waals surface area contributed by atoms with Crippen LogP contribution in [0.4, 0.5) is 17.8 Å². The number of carbonyl (C=O) groups is 1. The van der Waals surface area contributed by atoms with Crippen molar-refractivity contribution in [1.29, 1.82) is 0 Å². The third kappa shape index (κ3) is 3.29. The number of rotatable bonds is 6. The Morgan fingerprint density at radius 3 is 2.38 bits per heavy atom. The predicted molar refractivity (Wildman–Crippen MR) is 55.0 cm³/mol. The summed E-state index contributed by atoms with van der Waals surface area (Å²) in [5, 5.41) is 0.799. The van der Waals surface area contributed by atoms with Crippen molar-refractivity contribution in [2.75, 3.05) is 36.9 Å². The van der Waals surface area contributed by atoms with Crippen molar-refractivity contribution in [2.24, 2.45) is 0 Å². The van der Waals surface area contributed by atoms with Crippen LogP contribution in [0.25, 0.3) is 0 Å². The molecule has 0 fully saturated rings. The number of nitrogens with two attached hydrogens (primary N) is 2. The summed E-state index contributed by atoms with van der Waals surface area (Å²) in [5.41, 5.74) is 10.7. The second kappa shape index (κ2) is 5.78. The summed E-state index contributed by atoms with van der Waals surface area (Å²) in [7, 11) is 1.51. The summed E-state index contributed by atoms with van der Waals surface area (Å²) in [5.74, 6) is -0.259. The average Bonchev–Trinajstić information content (AvgIpc) is 2.23. The molecule has 1 aromatic heterocycles. The molecule has 88 valence electrons. The van der Waals surface area contributed by atoms with Crippen LogP contribution in [-0.4, -0.2) is 41.7 Å². The Balaban J connectivity index is 2.74. The van der Waals surface area contributed by atoms with Gasteiger partial charge in [-0.3, -0.25) is 9.63 Å². The zero-order valence-corrected chi connectivity index (χ0v) is 8.66. The van der Waals surface area contributed by atoms with Gasteiger partial charge in [0.2, 0.25) is 18.3 Å². The SMILES string of the molecule is COCCON(C=O)c1nc(N)nc(N)n1. The van der Waals surface area contributed by atoms with Crippen LogP contribution in [0.2, 0.25) is 0 Å². The van der Waals surface area contributed by atoms with Crippen LogP contribution in [0.3, 0.4) is 0 Å². The van der Waals surface area contributed by atoms with Gasteiger partial charge in [-0.2, -0.15) is 20.0 Å². The summed E-state index contributed by atoms with van der Waals surface area (Å²) in [6.45, 7) is 0.487. The van der Waals surface area contributed by atoms with E-state index in [1.807, 2.05) is 0 Å². The van der Waals surface area contributed by atoms with Crippen molar-refractivity contribution < 1.29 is 14.4 Å². The molecule has 9 nitrogen and oxygen atoms in total. The van der Waals surface area contributed by atoms with Gasteiger partial charge in [-0.25, -0.2) is 0 Å². The highest BCUT2D eigenvalue weighted by Crippen LogP contribution is 2.08. The molecule has 0 aromatic carbocycles. The standard InChI is InChI=1S/C7H12N6O3/c1-15-2-3-16-13(4-14)7-11-5(8)10-6(9)12-7/h4H,2-3H2,1H3,(H4,8,9,10,11,12). The Labute approximate surface area is 91.3 Å². The lowest BCUT2D eigenvalue weighted by Crippen LogP contribution is -2.26. The first kappa shape index (κ1) is 12.1. The van der Waals surface area contributed by atoms with Gasteiger partial charge in [0.15, 0.2) is 0 Å². The number of anilines is 3. The summed E-state index contributed by atoms with van der Waals surface area (Å²) in [6.07, 6.45) is 0.393. The van der Waals surface area contributed by atoms with Crippen LogP contribution in [0.15, 0.2) is 0 Å². The number of methoxy groups -OCH3 is 1. The lowest BCUT2D eigenvalue weighted by atomic mass is 10.8. The summed E-state index contributed by atoms with van der Waals surface area (Å²) in [6, 6.07) is 0. The Kier molecular flexibility index (Phi) is 4.36. The maximum atomic E-state index is 10.7. The molecule has 0 aliphatic heterocycles. The molecule has 0 radical (unpaired) electrons. The van der Waals surface area contributed by atoms with Crippen molar-refractivity contribution in [3.63, 3.8) is 0 Å². The summed E-state index contributed by atoms with van der Waals surface area (Å²) >= 11 is 0. The first-order chi connectivity index (χ1) is 7.67. The minimum atomic E-state index is -0.0929. The van der Waals surface area contributed by atoms with Crippen molar-refractivity contribution in [3.05, 3.63) is 0 Å². The Morgan fingerprint density at radius 2 is 1.88 bits per heavy atom. The van der Waals surface area contributed by atoms with Gasteiger partial charge in [0.05, 0.1) is 13.2 Å². The topological polar surface area (TPSA) is 129 Å².